The first-order valence-electron chi connectivity index (χ1n) is 5.40. The predicted octanol–water partition coefficient (Wildman–Crippen LogP) is 3.20. The molecule has 0 aromatic heterocycles. The van der Waals surface area contributed by atoms with Gasteiger partial charge in [0.15, 0.2) is 0 Å². The largest absolute Gasteiger partial charge is 0.401 e. The molecule has 0 fully saturated rings. The number of alkyl halides is 3. The lowest BCUT2D eigenvalue weighted by atomic mass is 9.91. The molecule has 0 amide bonds. The number of nitrogens with zero attached hydrogens (tertiary/aromatic N) is 2. The molecule has 0 atom stereocenters. The van der Waals surface area contributed by atoms with Crippen molar-refractivity contribution < 1.29 is 13.2 Å². The van der Waals surface area contributed by atoms with Crippen LogP contribution in [0.2, 0.25) is 0 Å². The smallest absolute Gasteiger partial charge is 0.295 e. The van der Waals surface area contributed by atoms with Crippen molar-refractivity contribution >= 4 is 0 Å². The van der Waals surface area contributed by atoms with Gasteiger partial charge in [-0.3, -0.25) is 4.90 Å². The average molecular weight is 236 g/mol. The summed E-state index contributed by atoms with van der Waals surface area (Å²) in [5, 5.41) is 8.78. The molecule has 0 heterocycles. The second-order valence-corrected chi connectivity index (χ2v) is 4.64. The summed E-state index contributed by atoms with van der Waals surface area (Å²) in [5.41, 5.74) is -0.558. The van der Waals surface area contributed by atoms with E-state index in [2.05, 4.69) is 6.07 Å². The Balaban J connectivity index is 4.20. The van der Waals surface area contributed by atoms with E-state index in [4.69, 9.17) is 5.26 Å². The lowest BCUT2D eigenvalue weighted by Crippen LogP contribution is -2.36. The standard InChI is InChI=1S/C11H19F3N2/c1-4-6-16(9-11(12,13)14)7-5-10(2,3)8-15/h4-7,9H2,1-3H3. The van der Waals surface area contributed by atoms with Crippen molar-refractivity contribution in [1.29, 1.82) is 5.26 Å². The van der Waals surface area contributed by atoms with Crippen molar-refractivity contribution in [2.75, 3.05) is 19.6 Å². The van der Waals surface area contributed by atoms with Gasteiger partial charge >= 0.3 is 6.18 Å². The molecule has 0 saturated carbocycles. The van der Waals surface area contributed by atoms with E-state index < -0.39 is 18.1 Å². The highest BCUT2D eigenvalue weighted by atomic mass is 19.4. The van der Waals surface area contributed by atoms with E-state index in [0.29, 0.717) is 25.9 Å². The summed E-state index contributed by atoms with van der Waals surface area (Å²) in [6.07, 6.45) is -3.02. The number of hydrogen-bond acceptors (Lipinski definition) is 2. The number of halogens is 3. The van der Waals surface area contributed by atoms with E-state index >= 15 is 0 Å². The van der Waals surface area contributed by atoms with Gasteiger partial charge in [0.2, 0.25) is 0 Å². The Hall–Kier alpha value is -0.760. The van der Waals surface area contributed by atoms with Crippen molar-refractivity contribution in [3.05, 3.63) is 0 Å². The first-order valence-corrected chi connectivity index (χ1v) is 5.40. The minimum atomic E-state index is -4.16. The summed E-state index contributed by atoms with van der Waals surface area (Å²) >= 11 is 0. The van der Waals surface area contributed by atoms with Gasteiger partial charge in [-0.25, -0.2) is 0 Å². The molecule has 94 valence electrons. The fraction of sp³-hybridized carbons (Fsp3) is 0.909. The molecule has 0 rings (SSSR count). The summed E-state index contributed by atoms with van der Waals surface area (Å²) < 4.78 is 36.7. The van der Waals surface area contributed by atoms with Crippen LogP contribution in [0.15, 0.2) is 0 Å². The second kappa shape index (κ2) is 6.09. The maximum atomic E-state index is 12.2. The summed E-state index contributed by atoms with van der Waals surface area (Å²) in [6, 6.07) is 2.09. The Morgan fingerprint density at radius 3 is 2.12 bits per heavy atom. The minimum Gasteiger partial charge on any atom is -0.295 e. The minimum absolute atomic E-state index is 0.313. The van der Waals surface area contributed by atoms with Crippen LogP contribution in [0.4, 0.5) is 13.2 Å². The summed E-state index contributed by atoms with van der Waals surface area (Å²) in [6.45, 7) is 5.17. The van der Waals surface area contributed by atoms with Crippen LogP contribution in [0.5, 0.6) is 0 Å². The molecular formula is C11H19F3N2. The molecule has 0 aliphatic heterocycles. The summed E-state index contributed by atoms with van der Waals surface area (Å²) in [7, 11) is 0. The van der Waals surface area contributed by atoms with Crippen molar-refractivity contribution in [3.8, 4) is 6.07 Å². The van der Waals surface area contributed by atoms with Gasteiger partial charge in [-0.1, -0.05) is 6.92 Å². The molecule has 0 aliphatic carbocycles. The molecule has 0 aromatic rings. The van der Waals surface area contributed by atoms with E-state index in [9.17, 15) is 13.2 Å². The van der Waals surface area contributed by atoms with Crippen molar-refractivity contribution in [3.63, 3.8) is 0 Å². The van der Waals surface area contributed by atoms with Crippen LogP contribution in [0.25, 0.3) is 0 Å². The molecule has 16 heavy (non-hydrogen) atoms. The van der Waals surface area contributed by atoms with E-state index in [1.54, 1.807) is 13.8 Å². The lowest BCUT2D eigenvalue weighted by molar-refractivity contribution is -0.146. The number of rotatable bonds is 6. The fourth-order valence-electron chi connectivity index (χ4n) is 1.33. The Morgan fingerprint density at radius 1 is 1.19 bits per heavy atom. The van der Waals surface area contributed by atoms with Gasteiger partial charge in [-0.05, 0) is 39.8 Å². The van der Waals surface area contributed by atoms with Crippen LogP contribution in [0.1, 0.15) is 33.6 Å². The van der Waals surface area contributed by atoms with E-state index in [0.717, 1.165) is 0 Å². The van der Waals surface area contributed by atoms with Gasteiger partial charge in [0.05, 0.1) is 18.0 Å². The van der Waals surface area contributed by atoms with Crippen molar-refractivity contribution in [2.45, 2.75) is 39.8 Å². The zero-order chi connectivity index (χ0) is 12.8. The van der Waals surface area contributed by atoms with Crippen LogP contribution in [0, 0.1) is 16.7 Å². The van der Waals surface area contributed by atoms with E-state index in [1.165, 1.54) is 4.90 Å². The van der Waals surface area contributed by atoms with Crippen molar-refractivity contribution in [2.24, 2.45) is 5.41 Å². The monoisotopic (exact) mass is 236 g/mol. The summed E-state index contributed by atoms with van der Waals surface area (Å²) in [4.78, 5) is 1.36. The molecule has 2 nitrogen and oxygen atoms in total. The Bertz CT molecular complexity index is 241. The molecule has 0 spiro atoms. The lowest BCUT2D eigenvalue weighted by Gasteiger charge is -2.25. The summed E-state index contributed by atoms with van der Waals surface area (Å²) in [5.74, 6) is 0. The predicted molar refractivity (Wildman–Crippen MR) is 56.8 cm³/mol. The van der Waals surface area contributed by atoms with Crippen LogP contribution in [0.3, 0.4) is 0 Å². The Morgan fingerprint density at radius 2 is 1.75 bits per heavy atom. The first kappa shape index (κ1) is 15.2. The molecule has 0 saturated heterocycles. The van der Waals surface area contributed by atoms with Crippen LogP contribution < -0.4 is 0 Å². The van der Waals surface area contributed by atoms with Crippen LogP contribution >= 0.6 is 0 Å². The number of hydrogen-bond donors (Lipinski definition) is 0. The van der Waals surface area contributed by atoms with Crippen molar-refractivity contribution in [1.82, 2.24) is 4.90 Å². The molecule has 0 N–H and O–H groups in total. The second-order valence-electron chi connectivity index (χ2n) is 4.64. The Labute approximate surface area is 95.0 Å². The van der Waals surface area contributed by atoms with E-state index in [-0.39, 0.29) is 0 Å². The third kappa shape index (κ3) is 7.52. The fourth-order valence-corrected chi connectivity index (χ4v) is 1.33. The van der Waals surface area contributed by atoms with Gasteiger partial charge in [-0.2, -0.15) is 18.4 Å². The van der Waals surface area contributed by atoms with Crippen LogP contribution in [-0.4, -0.2) is 30.7 Å². The normalized spacial score (nSPS) is 12.9. The maximum absolute atomic E-state index is 12.2. The van der Waals surface area contributed by atoms with Gasteiger partial charge in [0.1, 0.15) is 0 Å². The molecular weight excluding hydrogens is 217 g/mol. The van der Waals surface area contributed by atoms with E-state index in [1.807, 2.05) is 6.92 Å². The molecule has 0 bridgehead atoms. The maximum Gasteiger partial charge on any atom is 0.401 e. The topological polar surface area (TPSA) is 27.0 Å². The van der Waals surface area contributed by atoms with Gasteiger partial charge in [0.25, 0.3) is 0 Å². The third-order valence-electron chi connectivity index (χ3n) is 2.30. The highest BCUT2D eigenvalue weighted by molar-refractivity contribution is 4.92. The highest BCUT2D eigenvalue weighted by Crippen LogP contribution is 2.21. The molecule has 0 aliphatic rings. The number of nitriles is 1. The quantitative estimate of drug-likeness (QED) is 0.708. The molecule has 0 unspecified atom stereocenters. The highest BCUT2D eigenvalue weighted by Gasteiger charge is 2.31. The van der Waals surface area contributed by atoms with Gasteiger partial charge in [0, 0.05) is 0 Å². The zero-order valence-electron chi connectivity index (χ0n) is 10.1. The molecule has 5 heteroatoms. The SMILES string of the molecule is CCCN(CCC(C)(C)C#N)CC(F)(F)F. The zero-order valence-corrected chi connectivity index (χ0v) is 10.1. The van der Waals surface area contributed by atoms with Gasteiger partial charge in [-0.15, -0.1) is 0 Å². The van der Waals surface area contributed by atoms with Crippen LogP contribution in [-0.2, 0) is 0 Å². The molecule has 0 aromatic carbocycles. The Kier molecular flexibility index (Phi) is 5.80. The molecule has 0 radical (unpaired) electrons. The third-order valence-corrected chi connectivity index (χ3v) is 2.30. The van der Waals surface area contributed by atoms with Gasteiger partial charge < -0.3 is 0 Å². The first-order chi connectivity index (χ1) is 7.20. The average Bonchev–Trinajstić information content (AvgIpc) is 2.13.